The number of carbonyl (C=O) groups is 1. The normalized spacial score (nSPS) is 18.0. The second kappa shape index (κ2) is 12.6. The van der Waals surface area contributed by atoms with Gasteiger partial charge in [-0.1, -0.05) is 49.4 Å². The first-order valence-corrected chi connectivity index (χ1v) is 16.1. The molecule has 0 radical (unpaired) electrons. The molecule has 1 heterocycles. The SMILES string of the molecule is CCN1CCN(c2ccc(NC(=O)CSc3ccccc3)cc2S(=O)(=O)N[C@H]2CCCc3ccccc32)CC1. The molecule has 1 saturated heterocycles. The zero-order valence-corrected chi connectivity index (χ0v) is 23.9. The maximum atomic E-state index is 14.0. The third kappa shape index (κ3) is 6.84. The van der Waals surface area contributed by atoms with Gasteiger partial charge in [0.2, 0.25) is 15.9 Å². The molecule has 1 aliphatic carbocycles. The Balaban J connectivity index is 1.39. The molecular weight excluding hydrogens is 528 g/mol. The van der Waals surface area contributed by atoms with Crippen LogP contribution in [0.25, 0.3) is 0 Å². The molecule has 1 fully saturated rings. The highest BCUT2D eigenvalue weighted by atomic mass is 32.2. The van der Waals surface area contributed by atoms with Gasteiger partial charge in [-0.3, -0.25) is 4.79 Å². The molecule has 0 aromatic heterocycles. The van der Waals surface area contributed by atoms with Crippen LogP contribution in [0.1, 0.15) is 36.9 Å². The summed E-state index contributed by atoms with van der Waals surface area (Å²) in [4.78, 5) is 18.5. The molecule has 1 aliphatic heterocycles. The highest BCUT2D eigenvalue weighted by Gasteiger charge is 2.30. The van der Waals surface area contributed by atoms with Crippen LogP contribution in [-0.2, 0) is 21.2 Å². The van der Waals surface area contributed by atoms with Crippen molar-refractivity contribution in [1.82, 2.24) is 9.62 Å². The number of carbonyl (C=O) groups excluding carboxylic acids is 1. The van der Waals surface area contributed by atoms with E-state index in [4.69, 9.17) is 0 Å². The fourth-order valence-electron chi connectivity index (χ4n) is 5.36. The number of hydrogen-bond donors (Lipinski definition) is 2. The number of benzene rings is 3. The van der Waals surface area contributed by atoms with E-state index < -0.39 is 10.0 Å². The Kier molecular flexibility index (Phi) is 8.92. The van der Waals surface area contributed by atoms with Gasteiger partial charge in [0.25, 0.3) is 0 Å². The minimum atomic E-state index is -3.88. The van der Waals surface area contributed by atoms with Crippen molar-refractivity contribution in [1.29, 1.82) is 0 Å². The van der Waals surface area contributed by atoms with Gasteiger partial charge in [0.1, 0.15) is 4.90 Å². The smallest absolute Gasteiger partial charge is 0.243 e. The number of anilines is 2. The summed E-state index contributed by atoms with van der Waals surface area (Å²) in [5.41, 5.74) is 3.41. The Labute approximate surface area is 236 Å². The summed E-state index contributed by atoms with van der Waals surface area (Å²) in [6.07, 6.45) is 2.66. The van der Waals surface area contributed by atoms with Crippen LogP contribution in [0.15, 0.2) is 82.6 Å². The molecule has 2 N–H and O–H groups in total. The van der Waals surface area contributed by atoms with Gasteiger partial charge in [0, 0.05) is 42.8 Å². The molecule has 2 aliphatic rings. The summed E-state index contributed by atoms with van der Waals surface area (Å²) in [6.45, 7) is 6.39. The number of sulfonamides is 1. The van der Waals surface area contributed by atoms with E-state index in [1.165, 1.54) is 17.3 Å². The predicted molar refractivity (Wildman–Crippen MR) is 159 cm³/mol. The molecule has 0 spiro atoms. The van der Waals surface area contributed by atoms with Gasteiger partial charge in [-0.25, -0.2) is 13.1 Å². The van der Waals surface area contributed by atoms with Crippen molar-refractivity contribution in [2.45, 2.75) is 42.0 Å². The lowest BCUT2D eigenvalue weighted by molar-refractivity contribution is -0.113. The highest BCUT2D eigenvalue weighted by Crippen LogP contribution is 2.34. The zero-order chi connectivity index (χ0) is 27.2. The molecule has 39 heavy (non-hydrogen) atoms. The van der Waals surface area contributed by atoms with Crippen molar-refractivity contribution >= 4 is 39.1 Å². The first-order chi connectivity index (χ1) is 18.9. The van der Waals surface area contributed by atoms with Gasteiger partial charge < -0.3 is 15.1 Å². The van der Waals surface area contributed by atoms with Gasteiger partial charge >= 0.3 is 0 Å². The Morgan fingerprint density at radius 2 is 1.72 bits per heavy atom. The second-order valence-corrected chi connectivity index (χ2v) is 12.7. The number of amides is 1. The van der Waals surface area contributed by atoms with E-state index in [0.717, 1.165) is 62.4 Å². The Bertz CT molecular complexity index is 1390. The average Bonchev–Trinajstić information content (AvgIpc) is 2.97. The maximum absolute atomic E-state index is 14.0. The summed E-state index contributed by atoms with van der Waals surface area (Å²) < 4.78 is 31.0. The van der Waals surface area contributed by atoms with Crippen molar-refractivity contribution < 1.29 is 13.2 Å². The van der Waals surface area contributed by atoms with Crippen LogP contribution in [0.3, 0.4) is 0 Å². The van der Waals surface area contributed by atoms with E-state index in [-0.39, 0.29) is 22.6 Å². The summed E-state index contributed by atoms with van der Waals surface area (Å²) in [6, 6.07) is 22.8. The van der Waals surface area contributed by atoms with Crippen molar-refractivity contribution in [2.24, 2.45) is 0 Å². The second-order valence-electron chi connectivity index (χ2n) is 10.0. The summed E-state index contributed by atoms with van der Waals surface area (Å²) >= 11 is 1.45. The van der Waals surface area contributed by atoms with E-state index in [1.807, 2.05) is 60.7 Å². The Morgan fingerprint density at radius 3 is 2.49 bits per heavy atom. The fraction of sp³-hybridized carbons (Fsp3) is 0.367. The molecule has 1 atom stereocenters. The summed E-state index contributed by atoms with van der Waals surface area (Å²) in [5.74, 6) is 0.0647. The predicted octanol–water partition coefficient (Wildman–Crippen LogP) is 4.92. The number of fused-ring (bicyclic) bond motifs is 1. The number of likely N-dealkylation sites (N-methyl/N-ethyl adjacent to an activating group) is 1. The minimum absolute atomic E-state index is 0.175. The van der Waals surface area contributed by atoms with Gasteiger partial charge in [0.15, 0.2) is 0 Å². The first-order valence-electron chi connectivity index (χ1n) is 13.6. The summed E-state index contributed by atoms with van der Waals surface area (Å²) in [5, 5.41) is 2.91. The largest absolute Gasteiger partial charge is 0.368 e. The maximum Gasteiger partial charge on any atom is 0.243 e. The zero-order valence-electron chi connectivity index (χ0n) is 22.3. The molecule has 1 amide bonds. The average molecular weight is 565 g/mol. The number of piperazine rings is 1. The van der Waals surface area contributed by atoms with Crippen molar-refractivity contribution in [3.63, 3.8) is 0 Å². The molecule has 7 nitrogen and oxygen atoms in total. The lowest BCUT2D eigenvalue weighted by Gasteiger charge is -2.36. The van der Waals surface area contributed by atoms with E-state index >= 15 is 0 Å². The quantitative estimate of drug-likeness (QED) is 0.359. The minimum Gasteiger partial charge on any atom is -0.368 e. The van der Waals surface area contributed by atoms with Crippen LogP contribution < -0.4 is 14.9 Å². The number of thioether (sulfide) groups is 1. The Morgan fingerprint density at radius 1 is 0.974 bits per heavy atom. The molecule has 0 bridgehead atoms. The van der Waals surface area contributed by atoms with Crippen molar-refractivity contribution in [2.75, 3.05) is 48.7 Å². The van der Waals surface area contributed by atoms with Crippen LogP contribution in [0.2, 0.25) is 0 Å². The molecule has 5 rings (SSSR count). The van der Waals surface area contributed by atoms with E-state index in [0.29, 0.717) is 11.4 Å². The highest BCUT2D eigenvalue weighted by molar-refractivity contribution is 8.00. The fourth-order valence-corrected chi connectivity index (χ4v) is 7.58. The van der Waals surface area contributed by atoms with E-state index in [1.54, 1.807) is 6.07 Å². The lowest BCUT2D eigenvalue weighted by atomic mass is 9.88. The van der Waals surface area contributed by atoms with Crippen LogP contribution >= 0.6 is 11.8 Å². The van der Waals surface area contributed by atoms with Gasteiger partial charge in [-0.15, -0.1) is 11.8 Å². The molecular formula is C30H36N4O3S2. The van der Waals surface area contributed by atoms with Crippen molar-refractivity contribution in [3.8, 4) is 0 Å². The van der Waals surface area contributed by atoms with Crippen molar-refractivity contribution in [3.05, 3.63) is 83.9 Å². The van der Waals surface area contributed by atoms with Crippen LogP contribution in [0.4, 0.5) is 11.4 Å². The molecule has 0 unspecified atom stereocenters. The van der Waals surface area contributed by atoms with Gasteiger partial charge in [-0.2, -0.15) is 0 Å². The van der Waals surface area contributed by atoms with Crippen LogP contribution in [0.5, 0.6) is 0 Å². The van der Waals surface area contributed by atoms with E-state index in [9.17, 15) is 13.2 Å². The topological polar surface area (TPSA) is 81.8 Å². The molecule has 206 valence electrons. The van der Waals surface area contributed by atoms with Gasteiger partial charge in [-0.05, 0) is 67.3 Å². The van der Waals surface area contributed by atoms with Crippen LogP contribution in [-0.4, -0.2) is 57.7 Å². The standard InChI is InChI=1S/C30H36N4O3S2/c1-2-33-17-19-34(20-18-33)28-16-15-24(31-30(35)22-38-25-11-4-3-5-12-25)21-29(28)39(36,37)32-27-14-8-10-23-9-6-7-13-26(23)27/h3-7,9,11-13,15-16,21,27,32H,2,8,10,14,17-20,22H2,1H3,(H,31,35)/t27-/m0/s1. The van der Waals surface area contributed by atoms with Gasteiger partial charge in [0.05, 0.1) is 11.4 Å². The summed E-state index contributed by atoms with van der Waals surface area (Å²) in [7, 11) is -3.88. The number of hydrogen-bond acceptors (Lipinski definition) is 6. The third-order valence-corrected chi connectivity index (χ3v) is 9.99. The first kappa shape index (κ1) is 27.7. The van der Waals surface area contributed by atoms with Crippen LogP contribution in [0, 0.1) is 0 Å². The lowest BCUT2D eigenvalue weighted by Crippen LogP contribution is -2.46. The Hall–Kier alpha value is -2.85. The molecule has 0 saturated carbocycles. The molecule has 9 heteroatoms. The number of nitrogens with zero attached hydrogens (tertiary/aromatic N) is 2. The monoisotopic (exact) mass is 564 g/mol. The third-order valence-electron chi connectivity index (χ3n) is 7.47. The molecule has 3 aromatic carbocycles. The number of rotatable bonds is 9. The number of nitrogens with one attached hydrogen (secondary N) is 2. The number of aryl methyl sites for hydroxylation is 1. The molecule has 3 aromatic rings. The van der Waals surface area contributed by atoms with E-state index in [2.05, 4.69) is 32.8 Å².